The summed E-state index contributed by atoms with van der Waals surface area (Å²) in [5, 5.41) is 8.86. The number of carbonyl (C=O) groups is 2. The van der Waals surface area contributed by atoms with Crippen molar-refractivity contribution in [2.45, 2.75) is 45.7 Å². The Bertz CT molecular complexity index is 605. The van der Waals surface area contributed by atoms with Gasteiger partial charge in [-0.15, -0.1) is 0 Å². The predicted molar refractivity (Wildman–Crippen MR) is 89.3 cm³/mol. The lowest BCUT2D eigenvalue weighted by Crippen LogP contribution is -2.50. The first-order chi connectivity index (χ1) is 10.8. The summed E-state index contributed by atoms with van der Waals surface area (Å²) >= 11 is 0. The molecular weight excluding hydrogens is 294 g/mol. The van der Waals surface area contributed by atoms with Gasteiger partial charge in [-0.05, 0) is 39.8 Å². The number of anilines is 1. The molecule has 1 atom stereocenters. The molecule has 0 aromatic heterocycles. The van der Waals surface area contributed by atoms with Gasteiger partial charge in [-0.2, -0.15) is 5.10 Å². The van der Waals surface area contributed by atoms with Crippen molar-refractivity contribution < 1.29 is 14.3 Å². The molecule has 6 nitrogen and oxygen atoms in total. The first kappa shape index (κ1) is 17.0. The van der Waals surface area contributed by atoms with E-state index < -0.39 is 12.0 Å². The van der Waals surface area contributed by atoms with Crippen molar-refractivity contribution in [3.63, 3.8) is 0 Å². The van der Waals surface area contributed by atoms with Crippen LogP contribution < -0.4 is 10.3 Å². The van der Waals surface area contributed by atoms with Crippen LogP contribution in [-0.4, -0.2) is 35.8 Å². The molecule has 0 spiro atoms. The van der Waals surface area contributed by atoms with Crippen molar-refractivity contribution in [1.29, 1.82) is 0 Å². The van der Waals surface area contributed by atoms with Crippen molar-refractivity contribution in [2.24, 2.45) is 5.10 Å². The molecule has 1 aliphatic heterocycles. The van der Waals surface area contributed by atoms with E-state index >= 15 is 0 Å². The Balaban J connectivity index is 2.27. The highest BCUT2D eigenvalue weighted by Gasteiger charge is 2.37. The highest BCUT2D eigenvalue weighted by atomic mass is 16.5. The van der Waals surface area contributed by atoms with Gasteiger partial charge < -0.3 is 10.1 Å². The third-order valence-electron chi connectivity index (χ3n) is 3.24. The maximum atomic E-state index is 12.6. The van der Waals surface area contributed by atoms with E-state index in [0.29, 0.717) is 0 Å². The number of hydrogen-bond donors (Lipinski definition) is 1. The zero-order chi connectivity index (χ0) is 17.0. The van der Waals surface area contributed by atoms with Gasteiger partial charge in [0.1, 0.15) is 11.8 Å². The van der Waals surface area contributed by atoms with Gasteiger partial charge in [-0.3, -0.25) is 9.80 Å². The lowest BCUT2D eigenvalue weighted by molar-refractivity contribution is -0.135. The SMILES string of the molecule is CCOC(=O)C1=NN(c2ccccc2)C(C(=O)NC(C)(C)C)C1. The Morgan fingerprint density at radius 2 is 1.96 bits per heavy atom. The molecule has 124 valence electrons. The van der Waals surface area contributed by atoms with E-state index in [1.807, 2.05) is 51.1 Å². The third kappa shape index (κ3) is 4.31. The number of para-hydroxylation sites is 1. The average molecular weight is 317 g/mol. The maximum Gasteiger partial charge on any atom is 0.354 e. The number of rotatable bonds is 4. The van der Waals surface area contributed by atoms with Gasteiger partial charge in [-0.25, -0.2) is 4.79 Å². The number of hydrogen-bond acceptors (Lipinski definition) is 5. The molecule has 1 heterocycles. The molecule has 1 aromatic carbocycles. The van der Waals surface area contributed by atoms with Crippen LogP contribution in [0.15, 0.2) is 35.4 Å². The lowest BCUT2D eigenvalue weighted by atomic mass is 10.1. The molecule has 1 unspecified atom stereocenters. The van der Waals surface area contributed by atoms with E-state index in [0.717, 1.165) is 5.69 Å². The van der Waals surface area contributed by atoms with Gasteiger partial charge in [0.05, 0.1) is 12.3 Å². The van der Waals surface area contributed by atoms with E-state index in [9.17, 15) is 9.59 Å². The van der Waals surface area contributed by atoms with Crippen LogP contribution in [0.1, 0.15) is 34.1 Å². The van der Waals surface area contributed by atoms with Crippen LogP contribution in [0.3, 0.4) is 0 Å². The van der Waals surface area contributed by atoms with Crippen LogP contribution in [0.25, 0.3) is 0 Å². The van der Waals surface area contributed by atoms with Crippen molar-refractivity contribution >= 4 is 23.3 Å². The molecule has 1 aliphatic rings. The summed E-state index contributed by atoms with van der Waals surface area (Å²) < 4.78 is 5.01. The number of nitrogens with zero attached hydrogens (tertiary/aromatic N) is 2. The van der Waals surface area contributed by atoms with E-state index in [4.69, 9.17) is 4.74 Å². The minimum atomic E-state index is -0.559. The Kier molecular flexibility index (Phi) is 5.03. The van der Waals surface area contributed by atoms with Gasteiger partial charge in [0.2, 0.25) is 5.91 Å². The summed E-state index contributed by atoms with van der Waals surface area (Å²) in [6, 6.07) is 8.78. The Morgan fingerprint density at radius 1 is 1.30 bits per heavy atom. The molecule has 0 saturated carbocycles. The predicted octanol–water partition coefficient (Wildman–Crippen LogP) is 2.10. The standard InChI is InChI=1S/C17H23N3O3/c1-5-23-16(22)13-11-14(15(21)18-17(2,3)4)20(19-13)12-9-7-6-8-10-12/h6-10,14H,5,11H2,1-4H3,(H,18,21). The van der Waals surface area contributed by atoms with Crippen molar-refractivity contribution in [2.75, 3.05) is 11.6 Å². The van der Waals surface area contributed by atoms with Crippen molar-refractivity contribution in [3.8, 4) is 0 Å². The van der Waals surface area contributed by atoms with E-state index in [1.54, 1.807) is 11.9 Å². The highest BCUT2D eigenvalue weighted by Crippen LogP contribution is 2.25. The molecule has 0 saturated heterocycles. The first-order valence-electron chi connectivity index (χ1n) is 7.72. The van der Waals surface area contributed by atoms with Gasteiger partial charge in [0.15, 0.2) is 0 Å². The van der Waals surface area contributed by atoms with Gasteiger partial charge in [0, 0.05) is 12.0 Å². The van der Waals surface area contributed by atoms with E-state index in [-0.39, 0.29) is 30.2 Å². The number of nitrogens with one attached hydrogen (secondary N) is 1. The maximum absolute atomic E-state index is 12.6. The molecule has 0 aliphatic carbocycles. The minimum absolute atomic E-state index is 0.163. The molecule has 23 heavy (non-hydrogen) atoms. The van der Waals surface area contributed by atoms with Crippen molar-refractivity contribution in [1.82, 2.24) is 5.32 Å². The monoisotopic (exact) mass is 317 g/mol. The molecule has 0 fully saturated rings. The van der Waals surface area contributed by atoms with Gasteiger partial charge in [-0.1, -0.05) is 18.2 Å². The zero-order valence-corrected chi connectivity index (χ0v) is 14.0. The molecule has 0 bridgehead atoms. The Morgan fingerprint density at radius 3 is 2.52 bits per heavy atom. The Labute approximate surface area is 136 Å². The van der Waals surface area contributed by atoms with Crippen LogP contribution >= 0.6 is 0 Å². The fourth-order valence-corrected chi connectivity index (χ4v) is 2.32. The summed E-state index contributed by atoms with van der Waals surface area (Å²) in [5.74, 6) is -0.635. The summed E-state index contributed by atoms with van der Waals surface area (Å²) in [6.45, 7) is 7.77. The second kappa shape index (κ2) is 6.81. The number of amides is 1. The van der Waals surface area contributed by atoms with Crippen LogP contribution in [0.2, 0.25) is 0 Å². The van der Waals surface area contributed by atoms with E-state index in [2.05, 4.69) is 10.4 Å². The Hall–Kier alpha value is -2.37. The van der Waals surface area contributed by atoms with Crippen LogP contribution in [0, 0.1) is 0 Å². The van der Waals surface area contributed by atoms with E-state index in [1.165, 1.54) is 0 Å². The second-order valence-corrected chi connectivity index (χ2v) is 6.41. The third-order valence-corrected chi connectivity index (χ3v) is 3.24. The number of carbonyl (C=O) groups excluding carboxylic acids is 2. The molecule has 6 heteroatoms. The zero-order valence-electron chi connectivity index (χ0n) is 14.0. The molecule has 0 radical (unpaired) electrons. The molecule has 2 rings (SSSR count). The summed E-state index contributed by atoms with van der Waals surface area (Å²) in [6.07, 6.45) is 0.232. The second-order valence-electron chi connectivity index (χ2n) is 6.41. The molecule has 1 N–H and O–H groups in total. The number of hydrazone groups is 1. The van der Waals surface area contributed by atoms with Crippen LogP contribution in [0.5, 0.6) is 0 Å². The fraction of sp³-hybridized carbons (Fsp3) is 0.471. The molecule has 1 amide bonds. The molecular formula is C17H23N3O3. The van der Waals surface area contributed by atoms with Gasteiger partial charge >= 0.3 is 5.97 Å². The number of benzene rings is 1. The van der Waals surface area contributed by atoms with Gasteiger partial charge in [0.25, 0.3) is 0 Å². The van der Waals surface area contributed by atoms with Crippen LogP contribution in [0.4, 0.5) is 5.69 Å². The average Bonchev–Trinajstić information content (AvgIpc) is 2.92. The summed E-state index contributed by atoms with van der Waals surface area (Å²) in [7, 11) is 0. The summed E-state index contributed by atoms with van der Waals surface area (Å²) in [5.41, 5.74) is 0.678. The molecule has 1 aromatic rings. The first-order valence-corrected chi connectivity index (χ1v) is 7.72. The highest BCUT2D eigenvalue weighted by molar-refractivity contribution is 6.38. The number of esters is 1. The smallest absolute Gasteiger partial charge is 0.354 e. The number of ether oxygens (including phenoxy) is 1. The summed E-state index contributed by atoms with van der Waals surface area (Å²) in [4.78, 5) is 24.6. The fourth-order valence-electron chi connectivity index (χ4n) is 2.32. The quantitative estimate of drug-likeness (QED) is 0.863. The minimum Gasteiger partial charge on any atom is -0.461 e. The topological polar surface area (TPSA) is 71.0 Å². The largest absolute Gasteiger partial charge is 0.461 e. The lowest BCUT2D eigenvalue weighted by Gasteiger charge is -2.27. The van der Waals surface area contributed by atoms with Crippen molar-refractivity contribution in [3.05, 3.63) is 30.3 Å². The normalized spacial score (nSPS) is 17.7. The van der Waals surface area contributed by atoms with Crippen LogP contribution in [-0.2, 0) is 14.3 Å².